The van der Waals surface area contributed by atoms with Crippen LogP contribution in [-0.4, -0.2) is 25.3 Å². The Hall–Kier alpha value is 2.16. The van der Waals surface area contributed by atoms with E-state index in [1.807, 2.05) is 0 Å². The maximum atomic E-state index is 3.84. The summed E-state index contributed by atoms with van der Waals surface area (Å²) >= 11 is 8.51. The predicted octanol–water partition coefficient (Wildman–Crippen LogP) is 2.14. The molecule has 0 aromatic rings. The molecule has 0 fully saturated rings. The van der Waals surface area contributed by atoms with Crippen molar-refractivity contribution < 1.29 is 0 Å². The molecule has 0 saturated heterocycles. The number of halogens is 3. The zero-order valence-electron chi connectivity index (χ0n) is 2.92. The molecule has 0 rings (SSSR count). The van der Waals surface area contributed by atoms with Gasteiger partial charge in [-0.25, -0.2) is 0 Å². The van der Waals surface area contributed by atoms with Gasteiger partial charge in [0, 0.05) is 0 Å². The Morgan fingerprint density at radius 3 is 2.14 bits per heavy atom. The van der Waals surface area contributed by atoms with Gasteiger partial charge in [-0.15, -0.1) is 0 Å². The standard InChI is InChI=1S/As2Br3N2/c3-1-6-7-2(4)5. The third-order valence-electron chi connectivity index (χ3n) is 0.141. The van der Waals surface area contributed by atoms with Crippen LogP contribution in [0.25, 0.3) is 0 Å². The molecule has 0 aliphatic heterocycles. The third-order valence-corrected chi connectivity index (χ3v) is 3.82. The summed E-state index contributed by atoms with van der Waals surface area (Å²) in [5.74, 6) is 0. The van der Waals surface area contributed by atoms with E-state index in [1.54, 1.807) is 0 Å². The molecular weight excluding hydrogens is 418 g/mol. The molecule has 0 aromatic carbocycles. The molecular formula is As2Br3N2. The van der Waals surface area contributed by atoms with E-state index in [0.717, 1.165) is 0 Å². The van der Waals surface area contributed by atoms with Gasteiger partial charge in [-0.2, -0.15) is 0 Å². The summed E-state index contributed by atoms with van der Waals surface area (Å²) in [6.45, 7) is 0. The van der Waals surface area contributed by atoms with Crippen molar-refractivity contribution in [1.82, 2.24) is 0 Å². The fourth-order valence-corrected chi connectivity index (χ4v) is 6.36. The Balaban J connectivity index is 3.08. The average Bonchev–Trinajstić information content (AvgIpc) is 1.61. The van der Waals surface area contributed by atoms with E-state index in [0.29, 0.717) is 0 Å². The summed E-state index contributed by atoms with van der Waals surface area (Å²) in [6.07, 6.45) is 0. The fraction of sp³-hybridized carbons (Fsp3) is 0. The van der Waals surface area contributed by atoms with Gasteiger partial charge in [0.05, 0.1) is 0 Å². The predicted molar refractivity (Wildman–Crippen MR) is 43.1 cm³/mol. The van der Waals surface area contributed by atoms with Crippen molar-refractivity contribution in [3.8, 4) is 0 Å². The van der Waals surface area contributed by atoms with Crippen LogP contribution in [0.3, 0.4) is 0 Å². The zero-order valence-corrected chi connectivity index (χ0v) is 11.4. The molecule has 0 aromatic heterocycles. The maximum absolute atomic E-state index is 3.84. The molecule has 41 valence electrons. The van der Waals surface area contributed by atoms with Crippen LogP contribution in [0, 0.1) is 0 Å². The summed E-state index contributed by atoms with van der Waals surface area (Å²) < 4.78 is 7.62. The van der Waals surface area contributed by atoms with Gasteiger partial charge in [0.2, 0.25) is 0 Å². The summed E-state index contributed by atoms with van der Waals surface area (Å²) in [4.78, 5) is 0. The number of hydrogen-bond donors (Lipinski definition) is 0. The molecule has 0 saturated carbocycles. The Bertz CT molecular complexity index is 62.0. The Morgan fingerprint density at radius 1 is 1.43 bits per heavy atom. The number of rotatable bonds is 2. The van der Waals surface area contributed by atoms with E-state index in [2.05, 4.69) is 49.9 Å². The van der Waals surface area contributed by atoms with Crippen LogP contribution in [0.15, 0.2) is 8.06 Å². The first kappa shape index (κ1) is 9.16. The van der Waals surface area contributed by atoms with Crippen LogP contribution in [0.4, 0.5) is 0 Å². The van der Waals surface area contributed by atoms with Gasteiger partial charge in [-0.05, 0) is 0 Å². The van der Waals surface area contributed by atoms with Gasteiger partial charge in [-0.1, -0.05) is 0 Å². The number of hydrogen-bond acceptors (Lipinski definition) is 2. The van der Waals surface area contributed by atoms with E-state index >= 15 is 0 Å². The van der Waals surface area contributed by atoms with Crippen LogP contribution in [-0.2, 0) is 0 Å². The first-order valence-corrected chi connectivity index (χ1v) is 16.0. The molecule has 0 aliphatic rings. The SMILES string of the molecule is Br[As]N=N[As](Br)Br. The monoisotopic (exact) mass is 415 g/mol. The van der Waals surface area contributed by atoms with E-state index in [4.69, 9.17) is 0 Å². The van der Waals surface area contributed by atoms with Crippen molar-refractivity contribution in [3.63, 3.8) is 0 Å². The van der Waals surface area contributed by atoms with Crippen molar-refractivity contribution in [2.75, 3.05) is 0 Å². The summed E-state index contributed by atoms with van der Waals surface area (Å²) in [6, 6.07) is 0. The van der Waals surface area contributed by atoms with Crippen LogP contribution in [0.1, 0.15) is 0 Å². The first-order chi connectivity index (χ1) is 3.27. The molecule has 1 radical (unpaired) electrons. The average molecular weight is 418 g/mol. The molecule has 0 amide bonds. The Kier molecular flexibility index (Phi) is 8.21. The molecule has 0 heterocycles. The van der Waals surface area contributed by atoms with E-state index in [1.165, 1.54) is 0 Å². The van der Waals surface area contributed by atoms with Crippen molar-refractivity contribution >= 4 is 67.1 Å². The van der Waals surface area contributed by atoms with Crippen LogP contribution >= 0.6 is 41.8 Å². The second kappa shape index (κ2) is 6.28. The van der Waals surface area contributed by atoms with E-state index < -0.39 is 11.1 Å². The van der Waals surface area contributed by atoms with E-state index in [9.17, 15) is 0 Å². The number of nitrogens with zero attached hydrogens (tertiary/aromatic N) is 2. The Morgan fingerprint density at radius 2 is 2.00 bits per heavy atom. The van der Waals surface area contributed by atoms with Crippen molar-refractivity contribution in [1.29, 1.82) is 0 Å². The van der Waals surface area contributed by atoms with Gasteiger partial charge < -0.3 is 0 Å². The quantitative estimate of drug-likeness (QED) is 0.486. The topological polar surface area (TPSA) is 24.7 Å². The minimum atomic E-state index is -1.17. The van der Waals surface area contributed by atoms with Crippen molar-refractivity contribution in [3.05, 3.63) is 0 Å². The van der Waals surface area contributed by atoms with Crippen LogP contribution < -0.4 is 0 Å². The fourth-order valence-electron chi connectivity index (χ4n) is 0.0454. The van der Waals surface area contributed by atoms with Crippen molar-refractivity contribution in [2.24, 2.45) is 8.06 Å². The summed E-state index contributed by atoms with van der Waals surface area (Å²) in [5, 5.41) is 0. The van der Waals surface area contributed by atoms with Gasteiger partial charge in [0.25, 0.3) is 0 Å². The second-order valence-electron chi connectivity index (χ2n) is 0.470. The van der Waals surface area contributed by atoms with Gasteiger partial charge in [-0.3, -0.25) is 0 Å². The minimum absolute atomic E-state index is 0.0649. The van der Waals surface area contributed by atoms with E-state index in [-0.39, 0.29) is 14.1 Å². The van der Waals surface area contributed by atoms with Gasteiger partial charge >= 0.3 is 75.1 Å². The molecule has 2 nitrogen and oxygen atoms in total. The molecule has 7 heteroatoms. The molecule has 7 heavy (non-hydrogen) atoms. The molecule has 0 spiro atoms. The van der Waals surface area contributed by atoms with Gasteiger partial charge in [0.1, 0.15) is 0 Å². The molecule has 0 N–H and O–H groups in total. The molecule has 0 unspecified atom stereocenters. The van der Waals surface area contributed by atoms with Crippen molar-refractivity contribution in [2.45, 2.75) is 0 Å². The van der Waals surface area contributed by atoms with Gasteiger partial charge in [0.15, 0.2) is 0 Å². The first-order valence-electron chi connectivity index (χ1n) is 1.11. The van der Waals surface area contributed by atoms with Crippen LogP contribution in [0.2, 0.25) is 0 Å². The molecule has 0 aliphatic carbocycles. The molecule has 0 atom stereocenters. The summed E-state index contributed by atoms with van der Waals surface area (Å²) in [7, 11) is 0. The second-order valence-corrected chi connectivity index (χ2v) is 16.0. The normalized spacial score (nSPS) is 13.1. The summed E-state index contributed by atoms with van der Waals surface area (Å²) in [5.41, 5.74) is 0. The van der Waals surface area contributed by atoms with Crippen LogP contribution in [0.5, 0.6) is 0 Å². The zero-order chi connectivity index (χ0) is 5.70. The Labute approximate surface area is 74.0 Å². The third kappa shape index (κ3) is 8.16. The molecule has 0 bridgehead atoms.